The highest BCUT2D eigenvalue weighted by Gasteiger charge is 2.13. The molecule has 0 aliphatic carbocycles. The van der Waals surface area contributed by atoms with Crippen molar-refractivity contribution >= 4 is 28.4 Å². The van der Waals surface area contributed by atoms with Crippen molar-refractivity contribution in [3.8, 4) is 0 Å². The highest BCUT2D eigenvalue weighted by atomic mass is 32.2. The van der Waals surface area contributed by atoms with Gasteiger partial charge in [-0.25, -0.2) is 4.98 Å². The van der Waals surface area contributed by atoms with Crippen molar-refractivity contribution < 1.29 is 4.79 Å². The number of carbonyl (C=O) groups is 1. The van der Waals surface area contributed by atoms with Gasteiger partial charge in [-0.15, -0.1) is 0 Å². The molecule has 0 saturated heterocycles. The number of H-pyrrole nitrogens is 1. The lowest BCUT2D eigenvalue weighted by Gasteiger charge is -2.11. The number of thioether (sulfide) groups is 1. The predicted molar refractivity (Wildman–Crippen MR) is 92.1 cm³/mol. The van der Waals surface area contributed by atoms with Gasteiger partial charge in [-0.05, 0) is 30.7 Å². The summed E-state index contributed by atoms with van der Waals surface area (Å²) in [5.41, 5.74) is 1.19. The third kappa shape index (κ3) is 3.22. The number of rotatable bonds is 6. The molecule has 2 aromatic heterocycles. The molecule has 0 unspecified atom stereocenters. The Balaban J connectivity index is 1.94. The molecule has 0 atom stereocenters. The minimum absolute atomic E-state index is 0.00884. The van der Waals surface area contributed by atoms with E-state index in [4.69, 9.17) is 0 Å². The Hall–Kier alpha value is -2.34. The van der Waals surface area contributed by atoms with Crippen LogP contribution in [0.1, 0.15) is 23.8 Å². The van der Waals surface area contributed by atoms with Crippen molar-refractivity contribution in [3.05, 3.63) is 58.6 Å². The topological polar surface area (TPSA) is 67.8 Å². The maximum atomic E-state index is 12.6. The van der Waals surface area contributed by atoms with E-state index in [0.717, 1.165) is 6.42 Å². The van der Waals surface area contributed by atoms with Crippen LogP contribution in [0.25, 0.3) is 10.9 Å². The monoisotopic (exact) mass is 327 g/mol. The summed E-state index contributed by atoms with van der Waals surface area (Å²) >= 11 is 1.30. The number of aromatic nitrogens is 3. The summed E-state index contributed by atoms with van der Waals surface area (Å²) < 4.78 is 1.66. The lowest BCUT2D eigenvalue weighted by Crippen LogP contribution is -2.23. The van der Waals surface area contributed by atoms with Crippen LogP contribution in [0.4, 0.5) is 0 Å². The first-order valence-corrected chi connectivity index (χ1v) is 8.48. The van der Waals surface area contributed by atoms with Crippen LogP contribution in [0.15, 0.2) is 52.5 Å². The largest absolute Gasteiger partial charge is 0.359 e. The van der Waals surface area contributed by atoms with Crippen LogP contribution in [0.3, 0.4) is 0 Å². The Morgan fingerprint density at radius 3 is 2.83 bits per heavy atom. The molecule has 3 aromatic rings. The van der Waals surface area contributed by atoms with Gasteiger partial charge in [0.1, 0.15) is 0 Å². The Morgan fingerprint density at radius 2 is 2.09 bits per heavy atom. The van der Waals surface area contributed by atoms with E-state index in [2.05, 4.69) is 9.97 Å². The molecule has 23 heavy (non-hydrogen) atoms. The molecule has 118 valence electrons. The summed E-state index contributed by atoms with van der Waals surface area (Å²) in [4.78, 5) is 32.2. The van der Waals surface area contributed by atoms with E-state index in [-0.39, 0.29) is 17.1 Å². The van der Waals surface area contributed by atoms with Gasteiger partial charge in [0.05, 0.1) is 22.3 Å². The molecular formula is C17H17N3O2S. The van der Waals surface area contributed by atoms with Crippen molar-refractivity contribution in [2.45, 2.75) is 25.0 Å². The van der Waals surface area contributed by atoms with Gasteiger partial charge in [0.15, 0.2) is 10.9 Å². The average molecular weight is 327 g/mol. The molecule has 0 saturated carbocycles. The van der Waals surface area contributed by atoms with Crippen molar-refractivity contribution in [2.75, 3.05) is 5.75 Å². The van der Waals surface area contributed by atoms with Gasteiger partial charge in [-0.1, -0.05) is 30.8 Å². The van der Waals surface area contributed by atoms with Crippen LogP contribution >= 0.6 is 11.8 Å². The van der Waals surface area contributed by atoms with Crippen LogP contribution in [-0.2, 0) is 6.54 Å². The van der Waals surface area contributed by atoms with E-state index in [1.165, 1.54) is 11.8 Å². The zero-order chi connectivity index (χ0) is 16.2. The van der Waals surface area contributed by atoms with Crippen LogP contribution in [0.2, 0.25) is 0 Å². The maximum Gasteiger partial charge on any atom is 0.262 e. The van der Waals surface area contributed by atoms with Gasteiger partial charge in [-0.2, -0.15) is 0 Å². The number of hydrogen-bond donors (Lipinski definition) is 1. The van der Waals surface area contributed by atoms with Gasteiger partial charge in [-0.3, -0.25) is 14.2 Å². The number of Topliss-reactive ketones (excluding diaryl/α,β-unsaturated/α-hetero) is 1. The number of fused-ring (bicyclic) bond motifs is 1. The number of benzene rings is 1. The second kappa shape index (κ2) is 6.83. The predicted octanol–water partition coefficient (Wildman–Crippen LogP) is 3.11. The lowest BCUT2D eigenvalue weighted by molar-refractivity contribution is 0.101. The molecule has 5 nitrogen and oxygen atoms in total. The minimum atomic E-state index is -0.0488. The van der Waals surface area contributed by atoms with Crippen molar-refractivity contribution in [1.29, 1.82) is 0 Å². The highest BCUT2D eigenvalue weighted by molar-refractivity contribution is 7.99. The van der Waals surface area contributed by atoms with Gasteiger partial charge < -0.3 is 4.98 Å². The Kier molecular flexibility index (Phi) is 4.62. The Bertz CT molecular complexity index is 884. The molecule has 6 heteroatoms. The van der Waals surface area contributed by atoms with Gasteiger partial charge >= 0.3 is 0 Å². The first kappa shape index (κ1) is 15.6. The second-order valence-corrected chi connectivity index (χ2v) is 6.11. The zero-order valence-corrected chi connectivity index (χ0v) is 13.6. The molecule has 0 spiro atoms. The fraction of sp³-hybridized carbons (Fsp3) is 0.235. The third-order valence-corrected chi connectivity index (χ3v) is 4.48. The van der Waals surface area contributed by atoms with E-state index in [9.17, 15) is 9.59 Å². The first-order chi connectivity index (χ1) is 11.2. The van der Waals surface area contributed by atoms with Crippen LogP contribution in [0, 0.1) is 0 Å². The van der Waals surface area contributed by atoms with E-state index in [1.54, 1.807) is 29.0 Å². The fourth-order valence-corrected chi connectivity index (χ4v) is 3.30. The smallest absolute Gasteiger partial charge is 0.262 e. The summed E-state index contributed by atoms with van der Waals surface area (Å²) in [6.07, 6.45) is 2.55. The molecule has 0 radical (unpaired) electrons. The molecular weight excluding hydrogens is 310 g/mol. The molecule has 1 N–H and O–H groups in total. The van der Waals surface area contributed by atoms with Gasteiger partial charge in [0.25, 0.3) is 5.56 Å². The average Bonchev–Trinajstić information content (AvgIpc) is 3.10. The van der Waals surface area contributed by atoms with E-state index < -0.39 is 0 Å². The number of hydrogen-bond acceptors (Lipinski definition) is 4. The standard InChI is InChI=1S/C17H17N3O2S/c1-2-10-20-16(22)12-6-3-4-7-13(12)19-17(20)23-11-15(21)14-8-5-9-18-14/h3-9,18H,2,10-11H2,1H3. The number of para-hydroxylation sites is 1. The van der Waals surface area contributed by atoms with Crippen molar-refractivity contribution in [2.24, 2.45) is 0 Å². The molecule has 0 bridgehead atoms. The molecule has 2 heterocycles. The third-order valence-electron chi connectivity index (χ3n) is 3.50. The molecule has 0 amide bonds. The van der Waals surface area contributed by atoms with Crippen LogP contribution < -0.4 is 5.56 Å². The first-order valence-electron chi connectivity index (χ1n) is 7.49. The summed E-state index contributed by atoms with van der Waals surface area (Å²) in [6, 6.07) is 10.8. The van der Waals surface area contributed by atoms with E-state index >= 15 is 0 Å². The normalized spacial score (nSPS) is 11.0. The number of aromatic amines is 1. The number of nitrogens with one attached hydrogen (secondary N) is 1. The molecule has 0 aliphatic rings. The quantitative estimate of drug-likeness (QED) is 0.429. The van der Waals surface area contributed by atoms with Crippen molar-refractivity contribution in [3.63, 3.8) is 0 Å². The van der Waals surface area contributed by atoms with Crippen molar-refractivity contribution in [1.82, 2.24) is 14.5 Å². The minimum Gasteiger partial charge on any atom is -0.359 e. The van der Waals surface area contributed by atoms with Gasteiger partial charge in [0, 0.05) is 12.7 Å². The molecule has 3 rings (SSSR count). The van der Waals surface area contributed by atoms with E-state index in [1.807, 2.05) is 25.1 Å². The Labute approximate surface area is 137 Å². The number of nitrogens with zero attached hydrogens (tertiary/aromatic N) is 2. The Morgan fingerprint density at radius 1 is 1.26 bits per heavy atom. The van der Waals surface area contributed by atoms with Gasteiger partial charge in [0.2, 0.25) is 0 Å². The van der Waals surface area contributed by atoms with E-state index in [0.29, 0.717) is 28.3 Å². The van der Waals surface area contributed by atoms with Crippen LogP contribution in [-0.4, -0.2) is 26.1 Å². The highest BCUT2D eigenvalue weighted by Crippen LogP contribution is 2.19. The maximum absolute atomic E-state index is 12.6. The summed E-state index contributed by atoms with van der Waals surface area (Å²) in [6.45, 7) is 2.61. The van der Waals surface area contributed by atoms with Crippen LogP contribution in [0.5, 0.6) is 0 Å². The fourth-order valence-electron chi connectivity index (χ4n) is 2.39. The molecule has 0 fully saturated rings. The number of carbonyl (C=O) groups excluding carboxylic acids is 1. The molecule has 1 aromatic carbocycles. The molecule has 0 aliphatic heterocycles. The number of ketones is 1. The SMILES string of the molecule is CCCn1c(SCC(=O)c2ccc[nH]2)nc2ccccc2c1=O. The summed E-state index contributed by atoms with van der Waals surface area (Å²) in [7, 11) is 0. The zero-order valence-electron chi connectivity index (χ0n) is 12.8. The lowest BCUT2D eigenvalue weighted by atomic mass is 10.2. The summed E-state index contributed by atoms with van der Waals surface area (Å²) in [5.74, 6) is 0.236. The second-order valence-electron chi connectivity index (χ2n) is 5.16. The summed E-state index contributed by atoms with van der Waals surface area (Å²) in [5, 5.41) is 1.21.